The number of nitrogens with zero attached hydrogens (tertiary/aromatic N) is 1. The predicted molar refractivity (Wildman–Crippen MR) is 98.5 cm³/mol. The monoisotopic (exact) mass is 351 g/mol. The summed E-state index contributed by atoms with van der Waals surface area (Å²) in [6.07, 6.45) is 2.25. The summed E-state index contributed by atoms with van der Waals surface area (Å²) in [6.45, 7) is 1.97. The Morgan fingerprint density at radius 2 is 1.65 bits per heavy atom. The molecule has 134 valence electrons. The molecule has 0 aromatic heterocycles. The highest BCUT2D eigenvalue weighted by atomic mass is 16.6. The number of hydrogen-bond acceptors (Lipinski definition) is 4. The van der Waals surface area contributed by atoms with Gasteiger partial charge >= 0.3 is 5.97 Å². The van der Waals surface area contributed by atoms with Gasteiger partial charge in [-0.05, 0) is 24.5 Å². The van der Waals surface area contributed by atoms with E-state index in [0.29, 0.717) is 12.0 Å². The molecule has 0 heterocycles. The second kappa shape index (κ2) is 7.95. The summed E-state index contributed by atoms with van der Waals surface area (Å²) in [5, 5.41) is 12.1. The summed E-state index contributed by atoms with van der Waals surface area (Å²) in [5.74, 6) is -1.40. The molecule has 3 rings (SSSR count). The van der Waals surface area contributed by atoms with Crippen molar-refractivity contribution in [1.82, 2.24) is 0 Å². The van der Waals surface area contributed by atoms with Crippen molar-refractivity contribution in [3.63, 3.8) is 0 Å². The van der Waals surface area contributed by atoms with E-state index in [0.717, 1.165) is 11.1 Å². The maximum Gasteiger partial charge on any atom is 0.334 e. The summed E-state index contributed by atoms with van der Waals surface area (Å²) < 4.78 is 5.17. The van der Waals surface area contributed by atoms with E-state index in [1.807, 2.05) is 66.7 Å². The first kappa shape index (κ1) is 17.9. The Morgan fingerprint density at radius 3 is 2.19 bits per heavy atom. The lowest BCUT2D eigenvalue weighted by Crippen LogP contribution is -2.39. The maximum atomic E-state index is 12.5. The van der Waals surface area contributed by atoms with Gasteiger partial charge in [-0.1, -0.05) is 66.7 Å². The smallest absolute Gasteiger partial charge is 0.334 e. The summed E-state index contributed by atoms with van der Waals surface area (Å²) in [4.78, 5) is 24.3. The highest BCUT2D eigenvalue weighted by Crippen LogP contribution is 2.43. The maximum absolute atomic E-state index is 12.5. The first-order valence-corrected chi connectivity index (χ1v) is 8.74. The quantitative estimate of drug-likeness (QED) is 0.462. The van der Waals surface area contributed by atoms with Gasteiger partial charge in [0.2, 0.25) is 6.04 Å². The van der Waals surface area contributed by atoms with E-state index in [-0.39, 0.29) is 17.4 Å². The van der Waals surface area contributed by atoms with Crippen molar-refractivity contribution in [2.45, 2.75) is 31.2 Å². The number of hydrogen-bond donors (Lipinski definition) is 0. The number of rotatable bonds is 5. The van der Waals surface area contributed by atoms with Gasteiger partial charge in [0.25, 0.3) is 0 Å². The van der Waals surface area contributed by atoms with Crippen molar-refractivity contribution >= 4 is 5.97 Å². The average molecular weight is 351 g/mol. The molecule has 2 aromatic rings. The third kappa shape index (κ3) is 3.52. The number of allylic oxidation sites excluding steroid dienone is 1. The zero-order valence-corrected chi connectivity index (χ0v) is 14.6. The van der Waals surface area contributed by atoms with E-state index in [1.165, 1.54) is 0 Å². The molecule has 0 saturated heterocycles. The van der Waals surface area contributed by atoms with Crippen LogP contribution in [-0.4, -0.2) is 23.5 Å². The van der Waals surface area contributed by atoms with Gasteiger partial charge < -0.3 is 4.74 Å². The molecule has 0 N–H and O–H groups in total. The minimum atomic E-state index is -0.927. The molecule has 5 nitrogen and oxygen atoms in total. The largest absolute Gasteiger partial charge is 0.463 e. The van der Waals surface area contributed by atoms with E-state index in [4.69, 9.17) is 4.74 Å². The van der Waals surface area contributed by atoms with Crippen LogP contribution in [0.4, 0.5) is 0 Å². The van der Waals surface area contributed by atoms with Gasteiger partial charge in [0.05, 0.1) is 18.4 Å². The fourth-order valence-electron chi connectivity index (χ4n) is 3.70. The molecular formula is C21H21NO4. The molecule has 0 amide bonds. The molecule has 0 fully saturated rings. The second-order valence-electron chi connectivity index (χ2n) is 6.30. The standard InChI is InChI=1S/C21H21NO4/c1-2-26-21(23)18-14-13-17(15-9-5-3-6-10-15)20(22(24)25)19(18)16-11-7-4-8-12-16/h3-12,14,17,19-20H,2,13H2,1H3/t17-,19-,20-/m0/s1. The highest BCUT2D eigenvalue weighted by molar-refractivity contribution is 5.90. The summed E-state index contributed by atoms with van der Waals surface area (Å²) >= 11 is 0. The highest BCUT2D eigenvalue weighted by Gasteiger charge is 2.47. The Kier molecular flexibility index (Phi) is 5.46. The molecule has 0 bridgehead atoms. The van der Waals surface area contributed by atoms with Crippen molar-refractivity contribution in [1.29, 1.82) is 0 Å². The Hall–Kier alpha value is -2.95. The van der Waals surface area contributed by atoms with E-state index >= 15 is 0 Å². The van der Waals surface area contributed by atoms with Crippen molar-refractivity contribution < 1.29 is 14.5 Å². The molecule has 0 saturated carbocycles. The molecule has 1 aliphatic carbocycles. The predicted octanol–water partition coefficient (Wildman–Crippen LogP) is 4.09. The van der Waals surface area contributed by atoms with Gasteiger partial charge in [0.15, 0.2) is 0 Å². The van der Waals surface area contributed by atoms with Crippen LogP contribution < -0.4 is 0 Å². The lowest BCUT2D eigenvalue weighted by atomic mass is 9.71. The van der Waals surface area contributed by atoms with E-state index in [1.54, 1.807) is 6.92 Å². The third-order valence-corrected chi connectivity index (χ3v) is 4.82. The number of esters is 1. The normalized spacial score (nSPS) is 22.3. The Bertz CT molecular complexity index is 801. The SMILES string of the molecule is CCOC(=O)C1=CC[C@@H](c2ccccc2)[C@H]([N+](=O)[O-])[C@H]1c1ccccc1. The third-order valence-electron chi connectivity index (χ3n) is 4.82. The van der Waals surface area contributed by atoms with Crippen LogP contribution in [0, 0.1) is 10.1 Å². The molecule has 26 heavy (non-hydrogen) atoms. The average Bonchev–Trinajstić information content (AvgIpc) is 2.68. The van der Waals surface area contributed by atoms with Crippen molar-refractivity contribution in [3.8, 4) is 0 Å². The first-order valence-electron chi connectivity index (χ1n) is 8.74. The molecular weight excluding hydrogens is 330 g/mol. The van der Waals surface area contributed by atoms with E-state index in [9.17, 15) is 14.9 Å². The Balaban J connectivity index is 2.11. The molecule has 0 radical (unpaired) electrons. The zero-order chi connectivity index (χ0) is 18.5. The number of ether oxygens (including phenoxy) is 1. The minimum Gasteiger partial charge on any atom is -0.463 e. The van der Waals surface area contributed by atoms with Gasteiger partial charge in [-0.3, -0.25) is 10.1 Å². The van der Waals surface area contributed by atoms with E-state index < -0.39 is 17.9 Å². The van der Waals surface area contributed by atoms with Gasteiger partial charge in [-0.2, -0.15) is 0 Å². The molecule has 0 aliphatic heterocycles. The van der Waals surface area contributed by atoms with Crippen LogP contribution in [0.25, 0.3) is 0 Å². The molecule has 1 aliphatic rings. The van der Waals surface area contributed by atoms with E-state index in [2.05, 4.69) is 0 Å². The number of carbonyl (C=O) groups is 1. The van der Waals surface area contributed by atoms with Crippen LogP contribution in [0.3, 0.4) is 0 Å². The van der Waals surface area contributed by atoms with Gasteiger partial charge in [-0.15, -0.1) is 0 Å². The summed E-state index contributed by atoms with van der Waals surface area (Å²) in [6, 6.07) is 17.7. The minimum absolute atomic E-state index is 0.239. The topological polar surface area (TPSA) is 69.4 Å². The summed E-state index contributed by atoms with van der Waals surface area (Å²) in [5.41, 5.74) is 2.05. The Labute approximate surface area is 152 Å². The molecule has 2 aromatic carbocycles. The van der Waals surface area contributed by atoms with Crippen LogP contribution in [0.15, 0.2) is 72.3 Å². The molecule has 0 unspecified atom stereocenters. The lowest BCUT2D eigenvalue weighted by Gasteiger charge is -2.32. The first-order chi connectivity index (χ1) is 12.6. The lowest BCUT2D eigenvalue weighted by molar-refractivity contribution is -0.530. The second-order valence-corrected chi connectivity index (χ2v) is 6.30. The number of carbonyl (C=O) groups excluding carboxylic acids is 1. The van der Waals surface area contributed by atoms with Crippen LogP contribution >= 0.6 is 0 Å². The van der Waals surface area contributed by atoms with Crippen molar-refractivity contribution in [2.75, 3.05) is 6.61 Å². The van der Waals surface area contributed by atoms with Crippen LogP contribution in [0.5, 0.6) is 0 Å². The zero-order valence-electron chi connectivity index (χ0n) is 14.6. The number of nitro groups is 1. The number of benzene rings is 2. The van der Waals surface area contributed by atoms with Crippen molar-refractivity contribution in [3.05, 3.63) is 93.6 Å². The fourth-order valence-corrected chi connectivity index (χ4v) is 3.70. The van der Waals surface area contributed by atoms with Crippen LogP contribution in [0.1, 0.15) is 36.3 Å². The molecule has 0 spiro atoms. The Morgan fingerprint density at radius 1 is 1.08 bits per heavy atom. The van der Waals surface area contributed by atoms with Crippen molar-refractivity contribution in [2.24, 2.45) is 0 Å². The molecule has 3 atom stereocenters. The van der Waals surface area contributed by atoms with Gasteiger partial charge in [0, 0.05) is 10.5 Å². The van der Waals surface area contributed by atoms with Gasteiger partial charge in [-0.25, -0.2) is 4.79 Å². The summed E-state index contributed by atoms with van der Waals surface area (Å²) in [7, 11) is 0. The molecule has 5 heteroatoms. The fraction of sp³-hybridized carbons (Fsp3) is 0.286. The van der Waals surface area contributed by atoms with Gasteiger partial charge in [0.1, 0.15) is 0 Å². The van der Waals surface area contributed by atoms with Crippen LogP contribution in [0.2, 0.25) is 0 Å². The van der Waals surface area contributed by atoms with Crippen LogP contribution in [-0.2, 0) is 9.53 Å².